The molecule has 1 unspecified atom stereocenters. The molecule has 190 valence electrons. The molecule has 2 aromatic heterocycles. The zero-order valence-electron chi connectivity index (χ0n) is 20.2. The summed E-state index contributed by atoms with van der Waals surface area (Å²) >= 11 is 0. The molecule has 0 aliphatic carbocycles. The molecule has 5 rings (SSSR count). The van der Waals surface area contributed by atoms with Crippen LogP contribution in [0.25, 0.3) is 34.3 Å². The van der Waals surface area contributed by atoms with Crippen LogP contribution in [-0.2, 0) is 22.1 Å². The molecule has 2 aromatic carbocycles. The smallest absolute Gasteiger partial charge is 0.268 e. The molecule has 3 heterocycles. The van der Waals surface area contributed by atoms with Gasteiger partial charge in [0.05, 0.1) is 28.4 Å². The molecule has 0 amide bonds. The van der Waals surface area contributed by atoms with Crippen LogP contribution in [0.15, 0.2) is 64.0 Å². The molecule has 3 N–H and O–H groups in total. The van der Waals surface area contributed by atoms with Gasteiger partial charge in [0.25, 0.3) is 5.89 Å². The van der Waals surface area contributed by atoms with E-state index in [9.17, 15) is 4.21 Å². The molecule has 1 fully saturated rings. The lowest BCUT2D eigenvalue weighted by Crippen LogP contribution is -2.24. The fraction of sp³-hybridized carbons (Fsp3) is 0.308. The lowest BCUT2D eigenvalue weighted by Gasteiger charge is -2.21. The van der Waals surface area contributed by atoms with E-state index in [2.05, 4.69) is 20.5 Å². The first-order valence-electron chi connectivity index (χ1n) is 11.6. The highest BCUT2D eigenvalue weighted by Gasteiger charge is 2.22. The first kappa shape index (κ1) is 25.8. The van der Waals surface area contributed by atoms with Crippen LogP contribution in [-0.4, -0.2) is 55.4 Å². The lowest BCUT2D eigenvalue weighted by molar-refractivity contribution is 0.0992. The van der Waals surface area contributed by atoms with Crippen LogP contribution in [0.1, 0.15) is 25.5 Å². The van der Waals surface area contributed by atoms with Gasteiger partial charge in [-0.1, -0.05) is 24.3 Å². The predicted molar refractivity (Wildman–Crippen MR) is 140 cm³/mol. The van der Waals surface area contributed by atoms with E-state index in [0.29, 0.717) is 42.1 Å². The molecule has 4 aromatic rings. The Hall–Kier alpha value is -3.31. The molecule has 10 heteroatoms. The highest BCUT2D eigenvalue weighted by molar-refractivity contribution is 7.85. The average Bonchev–Trinajstić information content (AvgIpc) is 3.40. The molecule has 36 heavy (non-hydrogen) atoms. The summed E-state index contributed by atoms with van der Waals surface area (Å²) in [5.74, 6) is 0.756. The van der Waals surface area contributed by atoms with Crippen molar-refractivity contribution in [1.29, 1.82) is 0 Å². The summed E-state index contributed by atoms with van der Waals surface area (Å²) < 4.78 is 24.2. The highest BCUT2D eigenvalue weighted by Crippen LogP contribution is 2.28. The van der Waals surface area contributed by atoms with E-state index in [4.69, 9.17) is 14.1 Å². The molecule has 1 aliphatic rings. The Morgan fingerprint density at radius 3 is 2.36 bits per heavy atom. The zero-order valence-corrected chi connectivity index (χ0v) is 21.0. The number of hydrogen-bond acceptors (Lipinski definition) is 8. The average molecular weight is 510 g/mol. The normalized spacial score (nSPS) is 14.8. The van der Waals surface area contributed by atoms with Crippen molar-refractivity contribution in [3.05, 3.63) is 66.0 Å². The third-order valence-electron chi connectivity index (χ3n) is 6.02. The summed E-state index contributed by atoms with van der Waals surface area (Å²) in [6.45, 7) is 4.01. The Bertz CT molecular complexity index is 1330. The fourth-order valence-corrected chi connectivity index (χ4v) is 5.45. The highest BCUT2D eigenvalue weighted by atomic mass is 32.2. The summed E-state index contributed by atoms with van der Waals surface area (Å²) in [5.41, 5.74) is 4.83. The third-order valence-corrected chi connectivity index (χ3v) is 7.83. The zero-order chi connectivity index (χ0) is 24.2. The van der Waals surface area contributed by atoms with E-state index in [0.717, 1.165) is 35.4 Å². The second-order valence-corrected chi connectivity index (χ2v) is 10.2. The van der Waals surface area contributed by atoms with Crippen molar-refractivity contribution in [3.8, 4) is 34.3 Å². The number of benzene rings is 2. The summed E-state index contributed by atoms with van der Waals surface area (Å²) in [6, 6.07) is 15.7. The van der Waals surface area contributed by atoms with Crippen molar-refractivity contribution in [2.75, 3.05) is 20.3 Å². The molecule has 9 nitrogen and oxygen atoms in total. The van der Waals surface area contributed by atoms with Crippen LogP contribution in [0, 0.1) is 6.92 Å². The SMILES string of the molecule is CNCc1ccc(-c2nnc(-c3nc(-c4ccc(S(=O)C5CCOCC5)cc4)cnc3C)o2)cc1.O.[HH]. The number of aromatic nitrogens is 4. The van der Waals surface area contributed by atoms with Crippen LogP contribution in [0.5, 0.6) is 0 Å². The Morgan fingerprint density at radius 1 is 1.00 bits per heavy atom. The van der Waals surface area contributed by atoms with Gasteiger partial charge in [-0.3, -0.25) is 9.19 Å². The van der Waals surface area contributed by atoms with Crippen molar-refractivity contribution < 1.29 is 20.3 Å². The first-order valence-corrected chi connectivity index (χ1v) is 12.8. The number of rotatable bonds is 7. The second kappa shape index (κ2) is 11.6. The minimum Gasteiger partial charge on any atom is -0.415 e. The predicted octanol–water partition coefficient (Wildman–Crippen LogP) is 3.60. The number of aryl methyl sites for hydroxylation is 1. The van der Waals surface area contributed by atoms with Crippen molar-refractivity contribution in [3.63, 3.8) is 0 Å². The minimum atomic E-state index is -1.04. The Balaban J connectivity index is 0.00000190. The molecule has 1 aliphatic heterocycles. The van der Waals surface area contributed by atoms with Crippen LogP contribution in [0.3, 0.4) is 0 Å². The van der Waals surface area contributed by atoms with Crippen LogP contribution in [0.4, 0.5) is 0 Å². The van der Waals surface area contributed by atoms with Gasteiger partial charge in [-0.25, -0.2) is 4.98 Å². The Labute approximate surface area is 213 Å². The summed E-state index contributed by atoms with van der Waals surface area (Å²) in [7, 11) is 0.871. The molecule has 0 bridgehead atoms. The van der Waals surface area contributed by atoms with Gasteiger partial charge in [0.15, 0.2) is 0 Å². The number of nitrogens with zero attached hydrogens (tertiary/aromatic N) is 4. The Kier molecular flexibility index (Phi) is 8.32. The van der Waals surface area contributed by atoms with Crippen LogP contribution >= 0.6 is 0 Å². The van der Waals surface area contributed by atoms with Gasteiger partial charge >= 0.3 is 0 Å². The van der Waals surface area contributed by atoms with Gasteiger partial charge in [-0.15, -0.1) is 10.2 Å². The van der Waals surface area contributed by atoms with Crippen molar-refractivity contribution in [2.24, 2.45) is 0 Å². The summed E-state index contributed by atoms with van der Waals surface area (Å²) in [5, 5.41) is 11.7. The van der Waals surface area contributed by atoms with E-state index < -0.39 is 10.8 Å². The number of ether oxygens (including phenoxy) is 1. The summed E-state index contributed by atoms with van der Waals surface area (Å²) in [4.78, 5) is 10.1. The van der Waals surface area contributed by atoms with Crippen molar-refractivity contribution in [2.45, 2.75) is 36.5 Å². The quantitative estimate of drug-likeness (QED) is 0.399. The number of hydrogen-bond donors (Lipinski definition) is 1. The maximum Gasteiger partial charge on any atom is 0.268 e. The minimum absolute atomic E-state index is 0. The van der Waals surface area contributed by atoms with E-state index in [1.807, 2.05) is 62.5 Å². The largest absolute Gasteiger partial charge is 0.415 e. The molecule has 1 atom stereocenters. The van der Waals surface area contributed by atoms with Gasteiger partial charge in [0.1, 0.15) is 5.69 Å². The fourth-order valence-electron chi connectivity index (χ4n) is 4.04. The standard InChI is InChI=1S/C26H27N5O3S.H2O.H2/c1-17-24(26-31-30-25(34-26)20-5-3-18(4-6-20)15-27-2)29-23(16-28-17)19-7-9-21(10-8-19)35(32)22-11-13-33-14-12-22;;/h3-10,16,22,27H,11-15H2,1-2H3;1H2;1H. The molecule has 0 saturated carbocycles. The van der Waals surface area contributed by atoms with Crippen LogP contribution < -0.4 is 5.32 Å². The first-order chi connectivity index (χ1) is 17.1. The molecular formula is C26H31N5O4S. The van der Waals surface area contributed by atoms with Crippen molar-refractivity contribution >= 4 is 10.8 Å². The molecule has 0 radical (unpaired) electrons. The van der Waals surface area contributed by atoms with Crippen LogP contribution in [0.2, 0.25) is 0 Å². The van der Waals surface area contributed by atoms with Gasteiger partial charge in [0, 0.05) is 42.5 Å². The third kappa shape index (κ3) is 5.57. The molecule has 0 spiro atoms. The number of nitrogens with one attached hydrogen (secondary N) is 1. The second-order valence-electron chi connectivity index (χ2n) is 8.46. The van der Waals surface area contributed by atoms with Gasteiger partial charge in [-0.2, -0.15) is 0 Å². The van der Waals surface area contributed by atoms with Gasteiger partial charge in [-0.05, 0) is 56.6 Å². The van der Waals surface area contributed by atoms with Crippen molar-refractivity contribution in [1.82, 2.24) is 25.5 Å². The topological polar surface area (TPSA) is 135 Å². The molecular weight excluding hydrogens is 478 g/mol. The maximum absolute atomic E-state index is 12.9. The Morgan fingerprint density at radius 2 is 1.67 bits per heavy atom. The maximum atomic E-state index is 12.9. The van der Waals surface area contributed by atoms with Gasteiger partial charge < -0.3 is 19.9 Å². The van der Waals surface area contributed by atoms with E-state index >= 15 is 0 Å². The van der Waals surface area contributed by atoms with E-state index in [-0.39, 0.29) is 12.2 Å². The summed E-state index contributed by atoms with van der Waals surface area (Å²) in [6.07, 6.45) is 3.38. The monoisotopic (exact) mass is 509 g/mol. The van der Waals surface area contributed by atoms with E-state index in [1.54, 1.807) is 6.20 Å². The lowest BCUT2D eigenvalue weighted by atomic mass is 10.1. The van der Waals surface area contributed by atoms with E-state index in [1.165, 1.54) is 5.56 Å². The van der Waals surface area contributed by atoms with Gasteiger partial charge in [0.2, 0.25) is 5.89 Å². The molecule has 1 saturated heterocycles.